The Kier molecular flexibility index (Phi) is 13.0. The molecule has 0 aromatic heterocycles. The molecule has 0 saturated carbocycles. The molecule has 18 heavy (non-hydrogen) atoms. The fraction of sp³-hybridized carbons (Fsp3) is 1.00. The van der Waals surface area contributed by atoms with E-state index >= 15 is 0 Å². The van der Waals surface area contributed by atoms with Crippen molar-refractivity contribution in [1.82, 2.24) is 0 Å². The Morgan fingerprint density at radius 3 is 1.89 bits per heavy atom. The number of hydrogen-bond acceptors (Lipinski definition) is 6. The third kappa shape index (κ3) is 10.9. The molecule has 0 rings (SSSR count). The fourth-order valence-electron chi connectivity index (χ4n) is 1.32. The van der Waals surface area contributed by atoms with Crippen LogP contribution in [0.5, 0.6) is 0 Å². The van der Waals surface area contributed by atoms with Gasteiger partial charge in [-0.25, -0.2) is 0 Å². The second kappa shape index (κ2) is 13.2. The highest BCUT2D eigenvalue weighted by Crippen LogP contribution is 2.03. The molecule has 1 atom stereocenters. The van der Waals surface area contributed by atoms with Gasteiger partial charge in [0.1, 0.15) is 0 Å². The molecular formula is C12H24O6-2. The minimum atomic E-state index is -0.281. The molecule has 0 spiro atoms. The monoisotopic (exact) mass is 264 g/mol. The first-order valence-electron chi connectivity index (χ1n) is 6.29. The maximum absolute atomic E-state index is 10.3. The molecule has 1 unspecified atom stereocenters. The largest absolute Gasteiger partial charge is 0.853 e. The van der Waals surface area contributed by atoms with Gasteiger partial charge in [-0.1, -0.05) is 0 Å². The Hall–Kier alpha value is -0.240. The van der Waals surface area contributed by atoms with Gasteiger partial charge in [-0.2, -0.15) is 0 Å². The van der Waals surface area contributed by atoms with Gasteiger partial charge in [-0.15, -0.1) is 13.2 Å². The quantitative estimate of drug-likeness (QED) is 0.305. The summed E-state index contributed by atoms with van der Waals surface area (Å²) in [6, 6.07) is 0. The standard InChI is InChI=1S/C12H24O6/c1-3-17-11(2)18-10-12(8-15-6-4-13)9-16-7-5-14/h11-12H,3-10H2,1-2H3/q-2. The topological polar surface area (TPSA) is 83.0 Å². The second-order valence-electron chi connectivity index (χ2n) is 3.78. The summed E-state index contributed by atoms with van der Waals surface area (Å²) in [6.07, 6.45) is -0.281. The van der Waals surface area contributed by atoms with Crippen molar-refractivity contribution < 1.29 is 29.2 Å². The molecule has 0 saturated heterocycles. The third-order valence-corrected chi connectivity index (χ3v) is 2.13. The first kappa shape index (κ1) is 17.8. The predicted octanol–water partition coefficient (Wildman–Crippen LogP) is -1.24. The summed E-state index contributed by atoms with van der Waals surface area (Å²) in [5.74, 6) is 0.00556. The van der Waals surface area contributed by atoms with Crippen molar-refractivity contribution in [1.29, 1.82) is 0 Å². The van der Waals surface area contributed by atoms with E-state index in [1.165, 1.54) is 0 Å². The highest BCUT2D eigenvalue weighted by atomic mass is 16.7. The first-order valence-corrected chi connectivity index (χ1v) is 6.29. The Labute approximate surface area is 109 Å². The van der Waals surface area contributed by atoms with E-state index in [4.69, 9.17) is 18.9 Å². The van der Waals surface area contributed by atoms with E-state index in [-0.39, 0.29) is 38.6 Å². The number of hydrogen-bond donors (Lipinski definition) is 0. The predicted molar refractivity (Wildman–Crippen MR) is 61.9 cm³/mol. The molecule has 6 heteroatoms. The summed E-state index contributed by atoms with van der Waals surface area (Å²) in [6.45, 7) is 5.33. The van der Waals surface area contributed by atoms with Crippen LogP contribution < -0.4 is 10.2 Å². The Bertz CT molecular complexity index is 157. The molecule has 0 aliphatic heterocycles. The molecule has 0 fully saturated rings. The molecule has 0 aliphatic carbocycles. The zero-order valence-electron chi connectivity index (χ0n) is 11.3. The third-order valence-electron chi connectivity index (χ3n) is 2.13. The SMILES string of the molecule is CCOC(C)OCC(COCC[O-])COCC[O-]. The zero-order chi connectivity index (χ0) is 13.6. The van der Waals surface area contributed by atoms with Gasteiger partial charge < -0.3 is 29.2 Å². The van der Waals surface area contributed by atoms with Crippen LogP contribution >= 0.6 is 0 Å². The zero-order valence-corrected chi connectivity index (χ0v) is 11.3. The Balaban J connectivity index is 3.79. The molecule has 0 amide bonds. The molecule has 0 heterocycles. The van der Waals surface area contributed by atoms with Crippen molar-refractivity contribution in [2.24, 2.45) is 5.92 Å². The maximum Gasteiger partial charge on any atom is 0.154 e. The van der Waals surface area contributed by atoms with E-state index < -0.39 is 0 Å². The van der Waals surface area contributed by atoms with Crippen LogP contribution in [0.25, 0.3) is 0 Å². The highest BCUT2D eigenvalue weighted by Gasteiger charge is 2.12. The van der Waals surface area contributed by atoms with E-state index in [1.807, 2.05) is 13.8 Å². The van der Waals surface area contributed by atoms with Gasteiger partial charge in [0, 0.05) is 25.7 Å². The lowest BCUT2D eigenvalue weighted by Crippen LogP contribution is -2.27. The van der Waals surface area contributed by atoms with E-state index in [0.717, 1.165) is 0 Å². The summed E-state index contributed by atoms with van der Waals surface area (Å²) >= 11 is 0. The summed E-state index contributed by atoms with van der Waals surface area (Å²) in [5.41, 5.74) is 0. The van der Waals surface area contributed by atoms with Gasteiger partial charge in [0.25, 0.3) is 0 Å². The Morgan fingerprint density at radius 1 is 0.889 bits per heavy atom. The summed E-state index contributed by atoms with van der Waals surface area (Å²) in [7, 11) is 0. The van der Waals surface area contributed by atoms with Crippen molar-refractivity contribution in [3.63, 3.8) is 0 Å². The lowest BCUT2D eigenvalue weighted by atomic mass is 10.2. The van der Waals surface area contributed by atoms with Crippen molar-refractivity contribution in [2.45, 2.75) is 20.1 Å². The number of ether oxygens (including phenoxy) is 4. The molecule has 0 aromatic carbocycles. The minimum absolute atomic E-state index is 0.00556. The molecule has 0 aromatic rings. The van der Waals surface area contributed by atoms with Crippen LogP contribution in [0.1, 0.15) is 13.8 Å². The molecule has 110 valence electrons. The van der Waals surface area contributed by atoms with Crippen LogP contribution in [0, 0.1) is 5.92 Å². The van der Waals surface area contributed by atoms with Crippen molar-refractivity contribution in [3.8, 4) is 0 Å². The van der Waals surface area contributed by atoms with Gasteiger partial charge in [0.05, 0.1) is 19.8 Å². The van der Waals surface area contributed by atoms with Crippen molar-refractivity contribution in [3.05, 3.63) is 0 Å². The fourth-order valence-corrected chi connectivity index (χ4v) is 1.32. The van der Waals surface area contributed by atoms with E-state index in [2.05, 4.69) is 0 Å². The average Bonchev–Trinajstić information content (AvgIpc) is 2.36. The van der Waals surface area contributed by atoms with Crippen LogP contribution in [0.4, 0.5) is 0 Å². The van der Waals surface area contributed by atoms with Gasteiger partial charge in [-0.05, 0) is 13.8 Å². The molecule has 0 radical (unpaired) electrons. The van der Waals surface area contributed by atoms with Gasteiger partial charge in [-0.3, -0.25) is 0 Å². The average molecular weight is 264 g/mol. The van der Waals surface area contributed by atoms with Gasteiger partial charge in [0.15, 0.2) is 6.29 Å². The second-order valence-corrected chi connectivity index (χ2v) is 3.78. The summed E-state index contributed by atoms with van der Waals surface area (Å²) in [4.78, 5) is 0. The first-order chi connectivity index (χ1) is 8.74. The van der Waals surface area contributed by atoms with Crippen LogP contribution in [-0.4, -0.2) is 59.1 Å². The molecule has 0 bridgehead atoms. The lowest BCUT2D eigenvalue weighted by molar-refractivity contribution is -0.375. The van der Waals surface area contributed by atoms with Gasteiger partial charge >= 0.3 is 0 Å². The number of rotatable bonds is 13. The lowest BCUT2D eigenvalue weighted by Gasteiger charge is -2.21. The Morgan fingerprint density at radius 2 is 1.44 bits per heavy atom. The highest BCUT2D eigenvalue weighted by molar-refractivity contribution is 4.56. The van der Waals surface area contributed by atoms with E-state index in [1.54, 1.807) is 0 Å². The van der Waals surface area contributed by atoms with Crippen LogP contribution in [-0.2, 0) is 18.9 Å². The minimum Gasteiger partial charge on any atom is -0.853 e. The smallest absolute Gasteiger partial charge is 0.154 e. The summed E-state index contributed by atoms with van der Waals surface area (Å²) < 4.78 is 21.1. The van der Waals surface area contributed by atoms with Gasteiger partial charge in [0.2, 0.25) is 0 Å². The van der Waals surface area contributed by atoms with Crippen LogP contribution in [0.2, 0.25) is 0 Å². The van der Waals surface area contributed by atoms with Crippen molar-refractivity contribution in [2.75, 3.05) is 52.9 Å². The molecule has 0 aliphatic rings. The van der Waals surface area contributed by atoms with E-state index in [0.29, 0.717) is 26.4 Å². The van der Waals surface area contributed by atoms with Crippen LogP contribution in [0.3, 0.4) is 0 Å². The summed E-state index contributed by atoms with van der Waals surface area (Å²) in [5, 5.41) is 20.5. The van der Waals surface area contributed by atoms with Crippen LogP contribution in [0.15, 0.2) is 0 Å². The molecule has 6 nitrogen and oxygen atoms in total. The van der Waals surface area contributed by atoms with Crippen molar-refractivity contribution >= 4 is 0 Å². The normalized spacial score (nSPS) is 13.2. The van der Waals surface area contributed by atoms with E-state index in [9.17, 15) is 10.2 Å². The molecular weight excluding hydrogens is 240 g/mol. The molecule has 0 N–H and O–H groups in total. The maximum atomic E-state index is 10.3.